The molecule has 0 heterocycles. The first-order chi connectivity index (χ1) is 23.1. The second-order valence-corrected chi connectivity index (χ2v) is 10.8. The molecule has 10 nitrogen and oxygen atoms in total. The van der Waals surface area contributed by atoms with Crippen LogP contribution in [0.1, 0.15) is 52.4 Å². The molecule has 0 aromatic heterocycles. The van der Waals surface area contributed by atoms with Crippen molar-refractivity contribution in [2.24, 2.45) is 5.73 Å². The average Bonchev–Trinajstić information content (AvgIpc) is 3.10. The van der Waals surface area contributed by atoms with E-state index in [1.165, 1.54) is 4.90 Å². The molecule has 4 rings (SSSR count). The number of amides is 1. The Kier molecular flexibility index (Phi) is 12.4. The summed E-state index contributed by atoms with van der Waals surface area (Å²) in [6.07, 6.45) is 1.63. The molecule has 4 aromatic carbocycles. The van der Waals surface area contributed by atoms with Crippen LogP contribution in [0.2, 0.25) is 0 Å². The van der Waals surface area contributed by atoms with Gasteiger partial charge in [0.05, 0.1) is 18.1 Å². The molecular formula is C38H37N3O7. The minimum atomic E-state index is -0.870. The second kappa shape index (κ2) is 17.0. The predicted molar refractivity (Wildman–Crippen MR) is 181 cm³/mol. The molecule has 10 heteroatoms. The Balaban J connectivity index is 1.51. The summed E-state index contributed by atoms with van der Waals surface area (Å²) in [6.45, 7) is 2.98. The van der Waals surface area contributed by atoms with Gasteiger partial charge in [-0.15, -0.1) is 0 Å². The Hall–Kier alpha value is -6.03. The number of benzene rings is 4. The largest absolute Gasteiger partial charge is 0.465 e. The highest BCUT2D eigenvalue weighted by Gasteiger charge is 2.29. The molecule has 0 saturated carbocycles. The van der Waals surface area contributed by atoms with E-state index < -0.39 is 29.7 Å². The maximum atomic E-state index is 13.8. The molecule has 0 spiro atoms. The van der Waals surface area contributed by atoms with Crippen molar-refractivity contribution in [1.82, 2.24) is 4.90 Å². The van der Waals surface area contributed by atoms with Crippen molar-refractivity contribution in [1.29, 1.82) is 5.41 Å². The maximum absolute atomic E-state index is 13.8. The number of carbonyl (C=O) groups excluding carboxylic acids is 4. The van der Waals surface area contributed by atoms with Gasteiger partial charge >= 0.3 is 17.9 Å². The third-order valence-corrected chi connectivity index (χ3v) is 7.27. The first-order valence-electron chi connectivity index (χ1n) is 15.3. The lowest BCUT2D eigenvalue weighted by atomic mass is 9.98. The normalized spacial score (nSPS) is 11.6. The van der Waals surface area contributed by atoms with Crippen molar-refractivity contribution in [3.05, 3.63) is 143 Å². The van der Waals surface area contributed by atoms with Crippen LogP contribution >= 0.6 is 0 Å². The topological polar surface area (TPSA) is 149 Å². The lowest BCUT2D eigenvalue weighted by molar-refractivity contribution is -0.151. The zero-order valence-electron chi connectivity index (χ0n) is 26.8. The van der Waals surface area contributed by atoms with Gasteiger partial charge in [0, 0.05) is 17.7 Å². The summed E-state index contributed by atoms with van der Waals surface area (Å²) in [5, 5.41) is 7.47. The average molecular weight is 648 g/mol. The number of nitrogens with one attached hydrogen (secondary N) is 1. The van der Waals surface area contributed by atoms with Crippen LogP contribution in [0.25, 0.3) is 6.08 Å². The molecule has 0 saturated heterocycles. The van der Waals surface area contributed by atoms with Crippen LogP contribution in [0.4, 0.5) is 0 Å². The van der Waals surface area contributed by atoms with E-state index in [2.05, 4.69) is 0 Å². The van der Waals surface area contributed by atoms with Gasteiger partial charge in [-0.2, -0.15) is 0 Å². The molecule has 0 aliphatic heterocycles. The van der Waals surface area contributed by atoms with E-state index >= 15 is 0 Å². The number of nitrogens with two attached hydrogens (primary N) is 1. The summed E-state index contributed by atoms with van der Waals surface area (Å²) in [4.78, 5) is 53.8. The monoisotopic (exact) mass is 647 g/mol. The van der Waals surface area contributed by atoms with Crippen molar-refractivity contribution in [2.45, 2.75) is 26.4 Å². The minimum absolute atomic E-state index is 0.0590. The SMILES string of the molecule is CCOC(=O)CN(CC(C(=O)OCc1ccccc1)c1ccccc1)C(=O)C(C)=Cc1ccc(C(=O)Oc2ccc(C(=N)N)cc2)cc1. The molecule has 0 bridgehead atoms. The highest BCUT2D eigenvalue weighted by molar-refractivity contribution is 5.99. The number of nitrogen functional groups attached to an aromatic ring is 1. The summed E-state index contributed by atoms with van der Waals surface area (Å²) in [5.74, 6) is -2.86. The number of ether oxygens (including phenoxy) is 3. The molecule has 246 valence electrons. The van der Waals surface area contributed by atoms with Crippen molar-refractivity contribution >= 4 is 35.7 Å². The van der Waals surface area contributed by atoms with Crippen LogP contribution in [0.3, 0.4) is 0 Å². The van der Waals surface area contributed by atoms with Crippen LogP contribution in [0.15, 0.2) is 115 Å². The fourth-order valence-electron chi connectivity index (χ4n) is 4.78. The third-order valence-electron chi connectivity index (χ3n) is 7.27. The summed E-state index contributed by atoms with van der Waals surface area (Å²) >= 11 is 0. The molecule has 0 aliphatic rings. The third kappa shape index (κ3) is 9.98. The van der Waals surface area contributed by atoms with Gasteiger partial charge in [-0.3, -0.25) is 19.8 Å². The number of rotatable bonds is 14. The number of esters is 3. The van der Waals surface area contributed by atoms with Gasteiger partial charge in [0.15, 0.2) is 0 Å². The smallest absolute Gasteiger partial charge is 0.343 e. The number of carbonyl (C=O) groups is 4. The number of hydrogen-bond acceptors (Lipinski definition) is 8. The zero-order valence-corrected chi connectivity index (χ0v) is 26.8. The van der Waals surface area contributed by atoms with E-state index in [1.54, 1.807) is 92.7 Å². The molecule has 3 N–H and O–H groups in total. The fraction of sp³-hybridized carbons (Fsp3) is 0.184. The fourth-order valence-corrected chi connectivity index (χ4v) is 4.78. The number of amidine groups is 1. The highest BCUT2D eigenvalue weighted by atomic mass is 16.5. The van der Waals surface area contributed by atoms with Gasteiger partial charge in [-0.05, 0) is 73.0 Å². The Bertz CT molecular complexity index is 1750. The van der Waals surface area contributed by atoms with Crippen molar-refractivity contribution in [3.8, 4) is 5.75 Å². The van der Waals surface area contributed by atoms with E-state index in [0.29, 0.717) is 28.0 Å². The molecule has 4 aromatic rings. The van der Waals surface area contributed by atoms with Gasteiger partial charge in [-0.25, -0.2) is 4.79 Å². The van der Waals surface area contributed by atoms with Crippen LogP contribution in [-0.4, -0.2) is 54.2 Å². The van der Waals surface area contributed by atoms with E-state index in [-0.39, 0.29) is 37.7 Å². The van der Waals surface area contributed by atoms with Crippen LogP contribution < -0.4 is 10.5 Å². The standard InChI is InChI=1S/C38H37N3O7/c1-3-46-34(42)24-41(23-33(29-12-8-5-9-13-29)38(45)47-25-28-10-6-4-7-11-28)36(43)26(2)22-27-14-16-31(17-15-27)37(44)48-32-20-18-30(19-21-32)35(39)40/h4-22,33H,3,23-25H2,1-2H3,(H3,39,40). The molecule has 0 aliphatic carbocycles. The van der Waals surface area contributed by atoms with E-state index in [1.807, 2.05) is 36.4 Å². The minimum Gasteiger partial charge on any atom is -0.465 e. The van der Waals surface area contributed by atoms with Crippen LogP contribution in [0.5, 0.6) is 5.75 Å². The quantitative estimate of drug-likeness (QED) is 0.0598. The van der Waals surface area contributed by atoms with Gasteiger partial charge < -0.3 is 24.8 Å². The van der Waals surface area contributed by atoms with Gasteiger partial charge in [0.25, 0.3) is 0 Å². The summed E-state index contributed by atoms with van der Waals surface area (Å²) in [5.41, 5.74) is 8.64. The van der Waals surface area contributed by atoms with E-state index in [4.69, 9.17) is 25.4 Å². The van der Waals surface area contributed by atoms with Crippen molar-refractivity contribution in [3.63, 3.8) is 0 Å². The van der Waals surface area contributed by atoms with Crippen LogP contribution in [0, 0.1) is 5.41 Å². The molecule has 1 amide bonds. The van der Waals surface area contributed by atoms with Crippen molar-refractivity contribution in [2.75, 3.05) is 19.7 Å². The predicted octanol–water partition coefficient (Wildman–Crippen LogP) is 5.51. The van der Waals surface area contributed by atoms with Gasteiger partial charge in [0.2, 0.25) is 5.91 Å². The van der Waals surface area contributed by atoms with Gasteiger partial charge in [-0.1, -0.05) is 72.8 Å². The molecule has 1 unspecified atom stereocenters. The lowest BCUT2D eigenvalue weighted by Gasteiger charge is -2.27. The molecule has 48 heavy (non-hydrogen) atoms. The molecule has 1 atom stereocenters. The first-order valence-corrected chi connectivity index (χ1v) is 15.3. The highest BCUT2D eigenvalue weighted by Crippen LogP contribution is 2.22. The summed E-state index contributed by atoms with van der Waals surface area (Å²) in [7, 11) is 0. The Morgan fingerprint density at radius 2 is 1.42 bits per heavy atom. The Labute approximate surface area is 279 Å². The summed E-state index contributed by atoms with van der Waals surface area (Å²) < 4.78 is 16.2. The summed E-state index contributed by atoms with van der Waals surface area (Å²) in [6, 6.07) is 30.9. The Morgan fingerprint density at radius 3 is 2.02 bits per heavy atom. The van der Waals surface area contributed by atoms with E-state index in [9.17, 15) is 19.2 Å². The zero-order chi connectivity index (χ0) is 34.5. The molecule has 0 fully saturated rings. The molecule has 0 radical (unpaired) electrons. The van der Waals surface area contributed by atoms with Gasteiger partial charge in [0.1, 0.15) is 24.7 Å². The first kappa shape index (κ1) is 34.8. The maximum Gasteiger partial charge on any atom is 0.343 e. The Morgan fingerprint density at radius 1 is 0.812 bits per heavy atom. The van der Waals surface area contributed by atoms with E-state index in [0.717, 1.165) is 5.56 Å². The second-order valence-electron chi connectivity index (χ2n) is 10.8. The molecular weight excluding hydrogens is 610 g/mol. The van der Waals surface area contributed by atoms with Crippen LogP contribution in [-0.2, 0) is 30.5 Å². The number of nitrogens with zero attached hydrogens (tertiary/aromatic N) is 1. The van der Waals surface area contributed by atoms with Crippen molar-refractivity contribution < 1.29 is 33.4 Å². The number of hydrogen-bond donors (Lipinski definition) is 2. The lowest BCUT2D eigenvalue weighted by Crippen LogP contribution is -2.41.